The number of ether oxygens (including phenoxy) is 2. The van der Waals surface area contributed by atoms with Crippen LogP contribution in [-0.4, -0.2) is 29.3 Å². The molecule has 0 radical (unpaired) electrons. The molecule has 7 nitrogen and oxygen atoms in total. The highest BCUT2D eigenvalue weighted by Crippen LogP contribution is 2.37. The van der Waals surface area contributed by atoms with Crippen molar-refractivity contribution in [3.63, 3.8) is 0 Å². The minimum absolute atomic E-state index is 0.164. The predicted octanol–water partition coefficient (Wildman–Crippen LogP) is 4.74. The van der Waals surface area contributed by atoms with E-state index in [0.29, 0.717) is 18.0 Å². The highest BCUT2D eigenvalue weighted by molar-refractivity contribution is 5.88. The molecule has 32 heavy (non-hydrogen) atoms. The number of H-pyrrole nitrogens is 1. The number of nitrogens with zero attached hydrogens (tertiary/aromatic N) is 1. The number of methoxy groups -OCH3 is 1. The third kappa shape index (κ3) is 4.94. The minimum Gasteiger partial charge on any atom is -0.493 e. The number of hydrogen-bond donors (Lipinski definition) is 2. The Kier molecular flexibility index (Phi) is 6.44. The van der Waals surface area contributed by atoms with E-state index in [2.05, 4.69) is 4.98 Å². The molecule has 0 atom stereocenters. The number of aromatic amines is 1. The number of nitrogens with one attached hydrogen (secondary N) is 1. The molecule has 166 valence electrons. The molecule has 0 saturated heterocycles. The number of hydrogen-bond acceptors (Lipinski definition) is 5. The van der Waals surface area contributed by atoms with Crippen molar-refractivity contribution in [2.75, 3.05) is 12.0 Å². The summed E-state index contributed by atoms with van der Waals surface area (Å²) in [5.41, 5.74) is 2.65. The lowest BCUT2D eigenvalue weighted by atomic mass is 10.1. The van der Waals surface area contributed by atoms with Crippen LogP contribution in [0.1, 0.15) is 41.6 Å². The minimum atomic E-state index is -0.972. The Labute approximate surface area is 186 Å². The molecule has 1 aromatic heterocycles. The molecule has 0 amide bonds. The van der Waals surface area contributed by atoms with E-state index in [0.717, 1.165) is 29.8 Å². The molecule has 0 unspecified atom stereocenters. The molecule has 7 heteroatoms. The Bertz CT molecular complexity index is 1110. The number of anilines is 2. The van der Waals surface area contributed by atoms with Crippen molar-refractivity contribution in [1.29, 1.82) is 0 Å². The molecule has 2 N–H and O–H groups in total. The SMILES string of the molecule is COc1ccc(N(Cc2ccc(=O)[nH]c2)c2ccc(C(=O)O)cc2)cc1OC1CCCC1. The molecule has 2 aromatic carbocycles. The standard InChI is InChI=1S/C25H26N2O5/c1-31-22-12-11-20(14-23(22)32-21-4-2-3-5-21)27(16-17-6-13-24(28)26-15-17)19-9-7-18(8-10-19)25(29)30/h6-15,21H,2-5,16H2,1H3,(H,26,28)(H,29,30). The Morgan fingerprint density at radius 2 is 1.75 bits per heavy atom. The predicted molar refractivity (Wildman–Crippen MR) is 122 cm³/mol. The van der Waals surface area contributed by atoms with Gasteiger partial charge in [0.25, 0.3) is 0 Å². The molecule has 3 aromatic rings. The summed E-state index contributed by atoms with van der Waals surface area (Å²) in [6.07, 6.45) is 6.26. The van der Waals surface area contributed by atoms with Crippen molar-refractivity contribution in [2.24, 2.45) is 0 Å². The van der Waals surface area contributed by atoms with Crippen molar-refractivity contribution < 1.29 is 19.4 Å². The number of carboxylic acids is 1. The van der Waals surface area contributed by atoms with E-state index < -0.39 is 5.97 Å². The monoisotopic (exact) mass is 434 g/mol. The lowest BCUT2D eigenvalue weighted by Gasteiger charge is -2.27. The summed E-state index contributed by atoms with van der Waals surface area (Å²) in [6, 6.07) is 15.7. The van der Waals surface area contributed by atoms with Crippen molar-refractivity contribution in [2.45, 2.75) is 38.3 Å². The maximum Gasteiger partial charge on any atom is 0.335 e. The maximum atomic E-state index is 11.5. The first-order chi connectivity index (χ1) is 15.5. The Morgan fingerprint density at radius 1 is 1.03 bits per heavy atom. The molecule has 0 spiro atoms. The number of benzene rings is 2. The smallest absolute Gasteiger partial charge is 0.335 e. The summed E-state index contributed by atoms with van der Waals surface area (Å²) < 4.78 is 11.8. The summed E-state index contributed by atoms with van der Waals surface area (Å²) in [7, 11) is 1.62. The number of aromatic nitrogens is 1. The van der Waals surface area contributed by atoms with Crippen molar-refractivity contribution in [1.82, 2.24) is 4.98 Å². The van der Waals surface area contributed by atoms with Gasteiger partial charge in [-0.05, 0) is 67.6 Å². The number of rotatable bonds is 8. The lowest BCUT2D eigenvalue weighted by Crippen LogP contribution is -2.18. The first-order valence-corrected chi connectivity index (χ1v) is 10.7. The van der Waals surface area contributed by atoms with Crippen LogP contribution in [0.2, 0.25) is 0 Å². The van der Waals surface area contributed by atoms with E-state index in [1.54, 1.807) is 43.6 Å². The van der Waals surface area contributed by atoms with Crippen LogP contribution in [0.25, 0.3) is 0 Å². The molecule has 0 aliphatic heterocycles. The zero-order chi connectivity index (χ0) is 22.5. The summed E-state index contributed by atoms with van der Waals surface area (Å²) in [4.78, 5) is 27.5. The zero-order valence-corrected chi connectivity index (χ0v) is 17.9. The van der Waals surface area contributed by atoms with Crippen LogP contribution in [0, 0.1) is 0 Å². The second kappa shape index (κ2) is 9.60. The molecule has 4 rings (SSSR count). The fourth-order valence-electron chi connectivity index (χ4n) is 3.95. The van der Waals surface area contributed by atoms with Crippen molar-refractivity contribution in [3.8, 4) is 11.5 Å². The second-order valence-electron chi connectivity index (χ2n) is 7.86. The van der Waals surface area contributed by atoms with Crippen LogP contribution >= 0.6 is 0 Å². The van der Waals surface area contributed by atoms with Crippen molar-refractivity contribution in [3.05, 3.63) is 82.3 Å². The van der Waals surface area contributed by atoms with Crippen LogP contribution in [0.4, 0.5) is 11.4 Å². The first kappa shape index (κ1) is 21.5. The van der Waals surface area contributed by atoms with E-state index in [-0.39, 0.29) is 17.2 Å². The van der Waals surface area contributed by atoms with Crippen molar-refractivity contribution >= 4 is 17.3 Å². The Morgan fingerprint density at radius 3 is 2.38 bits per heavy atom. The van der Waals surface area contributed by atoms with Gasteiger partial charge in [-0.15, -0.1) is 0 Å². The van der Waals surface area contributed by atoms with Gasteiger partial charge in [-0.3, -0.25) is 4.79 Å². The first-order valence-electron chi connectivity index (χ1n) is 10.7. The summed E-state index contributed by atoms with van der Waals surface area (Å²) in [5, 5.41) is 9.24. The summed E-state index contributed by atoms with van der Waals surface area (Å²) in [5.74, 6) is 0.386. The molecular weight excluding hydrogens is 408 g/mol. The van der Waals surface area contributed by atoms with E-state index in [1.807, 2.05) is 23.1 Å². The van der Waals surface area contributed by atoms with Crippen LogP contribution in [0.3, 0.4) is 0 Å². The van der Waals surface area contributed by atoms with Crippen LogP contribution in [0.15, 0.2) is 65.6 Å². The quantitative estimate of drug-likeness (QED) is 0.532. The Hall–Kier alpha value is -3.74. The average molecular weight is 434 g/mol. The summed E-state index contributed by atoms with van der Waals surface area (Å²) >= 11 is 0. The van der Waals surface area contributed by atoms with Gasteiger partial charge in [0.2, 0.25) is 5.56 Å². The van der Waals surface area contributed by atoms with Gasteiger partial charge in [-0.1, -0.05) is 6.07 Å². The molecular formula is C25H26N2O5. The second-order valence-corrected chi connectivity index (χ2v) is 7.86. The molecule has 1 saturated carbocycles. The largest absolute Gasteiger partial charge is 0.493 e. The molecule has 1 fully saturated rings. The highest BCUT2D eigenvalue weighted by atomic mass is 16.5. The van der Waals surface area contributed by atoms with E-state index in [1.165, 1.54) is 18.9 Å². The number of carbonyl (C=O) groups is 1. The molecule has 1 aliphatic carbocycles. The van der Waals surface area contributed by atoms with Gasteiger partial charge in [0.05, 0.1) is 18.8 Å². The van der Waals surface area contributed by atoms with E-state index in [9.17, 15) is 14.7 Å². The number of carboxylic acid groups (broad SMARTS) is 1. The third-order valence-corrected chi connectivity index (χ3v) is 5.67. The maximum absolute atomic E-state index is 11.5. The topological polar surface area (TPSA) is 91.9 Å². The highest BCUT2D eigenvalue weighted by Gasteiger charge is 2.20. The van der Waals surface area contributed by atoms with Crippen LogP contribution < -0.4 is 19.9 Å². The van der Waals surface area contributed by atoms with Gasteiger partial charge in [-0.25, -0.2) is 4.79 Å². The fourth-order valence-corrected chi connectivity index (χ4v) is 3.95. The Balaban J connectivity index is 1.71. The number of pyridine rings is 1. The normalized spacial score (nSPS) is 13.7. The molecule has 1 aliphatic rings. The van der Waals surface area contributed by atoms with Gasteiger partial charge in [0.15, 0.2) is 11.5 Å². The summed E-state index contributed by atoms with van der Waals surface area (Å²) in [6.45, 7) is 0.471. The lowest BCUT2D eigenvalue weighted by molar-refractivity contribution is 0.0697. The number of aromatic carboxylic acids is 1. The fraction of sp³-hybridized carbons (Fsp3) is 0.280. The van der Waals surface area contributed by atoms with Gasteiger partial charge in [-0.2, -0.15) is 0 Å². The third-order valence-electron chi connectivity index (χ3n) is 5.67. The molecule has 0 bridgehead atoms. The van der Waals surface area contributed by atoms with Gasteiger partial charge in [0, 0.05) is 36.2 Å². The van der Waals surface area contributed by atoms with E-state index in [4.69, 9.17) is 9.47 Å². The van der Waals surface area contributed by atoms with Crippen LogP contribution in [-0.2, 0) is 6.54 Å². The van der Waals surface area contributed by atoms with Gasteiger partial charge < -0.3 is 24.5 Å². The van der Waals surface area contributed by atoms with E-state index >= 15 is 0 Å². The average Bonchev–Trinajstić information content (AvgIpc) is 3.32. The van der Waals surface area contributed by atoms with Gasteiger partial charge in [0.1, 0.15) is 0 Å². The molecule has 1 heterocycles. The van der Waals surface area contributed by atoms with Crippen LogP contribution in [0.5, 0.6) is 11.5 Å². The van der Waals surface area contributed by atoms with Gasteiger partial charge >= 0.3 is 5.97 Å². The zero-order valence-electron chi connectivity index (χ0n) is 17.9.